The van der Waals surface area contributed by atoms with Gasteiger partial charge >= 0.3 is 5.69 Å². The molecule has 1 unspecified atom stereocenters. The molecule has 5 nitrogen and oxygen atoms in total. The summed E-state index contributed by atoms with van der Waals surface area (Å²) in [5.74, 6) is -1.93. The lowest BCUT2D eigenvalue weighted by Crippen LogP contribution is -2.37. The van der Waals surface area contributed by atoms with Crippen molar-refractivity contribution in [3.63, 3.8) is 0 Å². The van der Waals surface area contributed by atoms with Crippen molar-refractivity contribution in [1.82, 2.24) is 5.32 Å². The van der Waals surface area contributed by atoms with E-state index in [1.54, 1.807) is 11.9 Å². The smallest absolute Gasteiger partial charge is 0.328 e. The van der Waals surface area contributed by atoms with E-state index in [1.807, 2.05) is 0 Å². The van der Waals surface area contributed by atoms with Crippen LogP contribution in [-0.4, -0.2) is 31.1 Å². The first-order chi connectivity index (χ1) is 9.04. The Labute approximate surface area is 109 Å². The Balaban J connectivity index is 2.45. The molecule has 0 saturated carbocycles. The minimum atomic E-state index is -1.13. The number of nitrogens with zero attached hydrogens (tertiary/aromatic N) is 2. The van der Waals surface area contributed by atoms with Crippen LogP contribution in [0.2, 0.25) is 0 Å². The minimum absolute atomic E-state index is 0.0184. The Bertz CT molecular complexity index is 496. The summed E-state index contributed by atoms with van der Waals surface area (Å²) in [6, 6.07) is 1.60. The van der Waals surface area contributed by atoms with Crippen molar-refractivity contribution in [2.45, 2.75) is 18.9 Å². The van der Waals surface area contributed by atoms with E-state index in [1.165, 1.54) is 0 Å². The molecule has 0 amide bonds. The molecule has 0 aliphatic carbocycles. The minimum Gasteiger partial charge on any atom is -0.362 e. The molecule has 1 heterocycles. The maximum Gasteiger partial charge on any atom is 0.328 e. The highest BCUT2D eigenvalue weighted by Crippen LogP contribution is 2.36. The second-order valence-electron chi connectivity index (χ2n) is 4.56. The first kappa shape index (κ1) is 13.7. The van der Waals surface area contributed by atoms with Crippen LogP contribution in [0.5, 0.6) is 0 Å². The third-order valence-corrected chi connectivity index (χ3v) is 3.32. The number of benzene rings is 1. The van der Waals surface area contributed by atoms with Gasteiger partial charge < -0.3 is 10.2 Å². The average molecular weight is 271 g/mol. The largest absolute Gasteiger partial charge is 0.362 e. The molecule has 1 aromatic rings. The third kappa shape index (κ3) is 2.65. The van der Waals surface area contributed by atoms with Gasteiger partial charge in [-0.25, -0.2) is 4.39 Å². The van der Waals surface area contributed by atoms with Gasteiger partial charge in [-0.1, -0.05) is 0 Å². The van der Waals surface area contributed by atoms with Gasteiger partial charge in [-0.05, 0) is 19.9 Å². The summed E-state index contributed by atoms with van der Waals surface area (Å²) in [6.45, 7) is 1.19. The van der Waals surface area contributed by atoms with Crippen LogP contribution < -0.4 is 10.2 Å². The zero-order chi connectivity index (χ0) is 14.0. The van der Waals surface area contributed by atoms with Crippen LogP contribution in [0.3, 0.4) is 0 Å². The van der Waals surface area contributed by atoms with Crippen LogP contribution >= 0.6 is 0 Å². The van der Waals surface area contributed by atoms with E-state index < -0.39 is 22.2 Å². The second-order valence-corrected chi connectivity index (χ2v) is 4.56. The van der Waals surface area contributed by atoms with Crippen LogP contribution in [0.15, 0.2) is 12.1 Å². The number of rotatable bonds is 4. The molecule has 7 heteroatoms. The highest BCUT2D eigenvalue weighted by Gasteiger charge is 2.32. The number of nitrogens with one attached hydrogen (secondary N) is 1. The van der Waals surface area contributed by atoms with Gasteiger partial charge in [0.1, 0.15) is 11.5 Å². The Hall–Kier alpha value is -1.76. The molecule has 1 N–H and O–H groups in total. The van der Waals surface area contributed by atoms with E-state index >= 15 is 0 Å². The molecule has 104 valence electrons. The van der Waals surface area contributed by atoms with E-state index in [9.17, 15) is 18.9 Å². The number of nitro benzene ring substituents is 1. The van der Waals surface area contributed by atoms with Crippen molar-refractivity contribution in [3.05, 3.63) is 33.9 Å². The Morgan fingerprint density at radius 2 is 2.26 bits per heavy atom. The maximum atomic E-state index is 13.6. The summed E-state index contributed by atoms with van der Waals surface area (Å²) in [6.07, 6.45) is 1.69. The maximum absolute atomic E-state index is 13.6. The molecule has 0 radical (unpaired) electrons. The van der Waals surface area contributed by atoms with Crippen molar-refractivity contribution >= 4 is 11.4 Å². The van der Waals surface area contributed by atoms with E-state index in [2.05, 4.69) is 5.32 Å². The van der Waals surface area contributed by atoms with E-state index in [0.29, 0.717) is 19.2 Å². The van der Waals surface area contributed by atoms with Gasteiger partial charge in [0.2, 0.25) is 5.82 Å². The SMILES string of the molecule is CNCC1CCCN1c1cc(F)cc(F)c1[N+](=O)[O-]. The molecule has 1 aliphatic rings. The molecule has 1 fully saturated rings. The highest BCUT2D eigenvalue weighted by molar-refractivity contribution is 5.65. The van der Waals surface area contributed by atoms with Gasteiger partial charge in [-0.15, -0.1) is 0 Å². The summed E-state index contributed by atoms with van der Waals surface area (Å²) in [4.78, 5) is 11.9. The quantitative estimate of drug-likeness (QED) is 0.672. The van der Waals surface area contributed by atoms with Crippen molar-refractivity contribution < 1.29 is 13.7 Å². The first-order valence-electron chi connectivity index (χ1n) is 6.09. The van der Waals surface area contributed by atoms with Gasteiger partial charge in [0.05, 0.1) is 4.92 Å². The summed E-state index contributed by atoms with van der Waals surface area (Å²) < 4.78 is 26.9. The van der Waals surface area contributed by atoms with Crippen LogP contribution in [0, 0.1) is 21.7 Å². The number of halogens is 2. The molecule has 0 bridgehead atoms. The predicted molar refractivity (Wildman–Crippen MR) is 67.3 cm³/mol. The van der Waals surface area contributed by atoms with Crippen LogP contribution in [0.1, 0.15) is 12.8 Å². The van der Waals surface area contributed by atoms with Crippen molar-refractivity contribution in [1.29, 1.82) is 0 Å². The van der Waals surface area contributed by atoms with Gasteiger partial charge in [0.25, 0.3) is 0 Å². The molecule has 1 aromatic carbocycles. The highest BCUT2D eigenvalue weighted by atomic mass is 19.1. The fourth-order valence-corrected chi connectivity index (χ4v) is 2.55. The third-order valence-electron chi connectivity index (χ3n) is 3.32. The van der Waals surface area contributed by atoms with Crippen LogP contribution in [-0.2, 0) is 0 Å². The molecular formula is C12H15F2N3O2. The zero-order valence-electron chi connectivity index (χ0n) is 10.5. The number of likely N-dealkylation sites (N-methyl/N-ethyl adjacent to an activating group) is 1. The van der Waals surface area contributed by atoms with E-state index in [-0.39, 0.29) is 11.7 Å². The Morgan fingerprint density at radius 3 is 2.89 bits per heavy atom. The zero-order valence-corrected chi connectivity index (χ0v) is 10.5. The lowest BCUT2D eigenvalue weighted by molar-refractivity contribution is -0.386. The first-order valence-corrected chi connectivity index (χ1v) is 6.09. The summed E-state index contributed by atoms with van der Waals surface area (Å²) in [7, 11) is 1.77. The fraction of sp³-hybridized carbons (Fsp3) is 0.500. The van der Waals surface area contributed by atoms with Gasteiger partial charge in [-0.2, -0.15) is 4.39 Å². The van der Waals surface area contributed by atoms with E-state index in [0.717, 1.165) is 18.9 Å². The monoisotopic (exact) mass is 271 g/mol. The number of hydrogen-bond acceptors (Lipinski definition) is 4. The molecule has 1 aliphatic heterocycles. The molecule has 19 heavy (non-hydrogen) atoms. The lowest BCUT2D eigenvalue weighted by atomic mass is 10.2. The van der Waals surface area contributed by atoms with Gasteiger partial charge in [-0.3, -0.25) is 10.1 Å². The number of nitro groups is 1. The lowest BCUT2D eigenvalue weighted by Gasteiger charge is -2.26. The Morgan fingerprint density at radius 1 is 1.53 bits per heavy atom. The summed E-state index contributed by atoms with van der Waals surface area (Å²) in [5, 5.41) is 14.0. The van der Waals surface area contributed by atoms with Crippen LogP contribution in [0.25, 0.3) is 0 Å². The van der Waals surface area contributed by atoms with Crippen molar-refractivity contribution in [2.24, 2.45) is 0 Å². The molecule has 0 spiro atoms. The van der Waals surface area contributed by atoms with E-state index in [4.69, 9.17) is 0 Å². The predicted octanol–water partition coefficient (Wildman–Crippen LogP) is 2.06. The molecule has 2 rings (SSSR count). The van der Waals surface area contributed by atoms with Gasteiger partial charge in [0, 0.05) is 31.3 Å². The fourth-order valence-electron chi connectivity index (χ4n) is 2.55. The van der Waals surface area contributed by atoms with Crippen molar-refractivity contribution in [3.8, 4) is 0 Å². The standard InChI is InChI=1S/C12H15F2N3O2/c1-15-7-9-3-2-4-16(9)11-6-8(13)5-10(14)12(11)17(18)19/h5-6,9,15H,2-4,7H2,1H3. The summed E-state index contributed by atoms with van der Waals surface area (Å²) in [5.41, 5.74) is -0.621. The van der Waals surface area contributed by atoms with Crippen molar-refractivity contribution in [2.75, 3.05) is 25.0 Å². The topological polar surface area (TPSA) is 58.4 Å². The summed E-state index contributed by atoms with van der Waals surface area (Å²) >= 11 is 0. The molecule has 0 aromatic heterocycles. The van der Waals surface area contributed by atoms with Crippen LogP contribution in [0.4, 0.5) is 20.2 Å². The average Bonchev–Trinajstić information content (AvgIpc) is 2.75. The molecule has 1 atom stereocenters. The number of hydrogen-bond donors (Lipinski definition) is 1. The molecule has 1 saturated heterocycles. The van der Waals surface area contributed by atoms with Gasteiger partial charge in [0.15, 0.2) is 0 Å². The Kier molecular flexibility index (Phi) is 3.94. The number of anilines is 1. The molecular weight excluding hydrogens is 256 g/mol. The normalized spacial score (nSPS) is 18.9. The second kappa shape index (κ2) is 5.48.